The summed E-state index contributed by atoms with van der Waals surface area (Å²) in [6.07, 6.45) is 0. The topological polar surface area (TPSA) is 0 Å². The molecule has 0 aliphatic rings. The van der Waals surface area contributed by atoms with Gasteiger partial charge in [0.1, 0.15) is 0 Å². The maximum absolute atomic E-state index is 0. The van der Waals surface area contributed by atoms with Gasteiger partial charge in [0.15, 0.2) is 0 Å². The fourth-order valence-corrected chi connectivity index (χ4v) is 0. The first-order chi connectivity index (χ1) is 0. The van der Waals surface area contributed by atoms with Gasteiger partial charge in [-0.1, -0.05) is 0 Å². The second kappa shape index (κ2) is 50.6. The van der Waals surface area contributed by atoms with Crippen LogP contribution in [-0.2, 0) is 0 Å². The smallest absolute Gasteiger partial charge is 1.00 e. The van der Waals surface area contributed by atoms with Gasteiger partial charge in [-0.2, -0.15) is 0 Å². The molecule has 9 heavy (non-hydrogen) atoms. The largest absolute Gasteiger partial charge is 1.00 e. The minimum atomic E-state index is 0. The first kappa shape index (κ1) is 59.2. The van der Waals surface area contributed by atoms with Crippen LogP contribution in [0, 0.1) is 334 Å². The third-order valence-corrected chi connectivity index (χ3v) is 0. The zero-order valence-corrected chi connectivity index (χ0v) is 30.3. The van der Waals surface area contributed by atoms with E-state index in [-0.39, 0.29) is 356 Å². The van der Waals surface area contributed by atoms with Gasteiger partial charge in [-0.25, -0.2) is 0 Å². The Bertz CT molecular complexity index is 20.3. The monoisotopic (exact) mass is 1160 g/mol. The summed E-state index contributed by atoms with van der Waals surface area (Å²) in [4.78, 5) is 0. The Labute approximate surface area is 343 Å². The summed E-state index contributed by atoms with van der Waals surface area (Å²) in [6, 6.07) is 0. The summed E-state index contributed by atoms with van der Waals surface area (Å²) in [5.74, 6) is 0. The summed E-state index contributed by atoms with van der Waals surface area (Å²) in [5.41, 5.74) is 0. The van der Waals surface area contributed by atoms with E-state index in [1.54, 1.807) is 0 Å². The molecule has 0 aromatic carbocycles. The van der Waals surface area contributed by atoms with Gasteiger partial charge in [-0.15, -0.1) is 0 Å². The van der Waals surface area contributed by atoms with Gasteiger partial charge in [0, 0.05) is 0 Å². The van der Waals surface area contributed by atoms with E-state index in [9.17, 15) is 0 Å². The van der Waals surface area contributed by atoms with Gasteiger partial charge in [0.05, 0.1) is 0 Å². The van der Waals surface area contributed by atoms with Gasteiger partial charge in [-0.3, -0.25) is 0 Å². The Kier molecular flexibility index (Phi) is 333. The molecule has 0 rings (SSSR count). The van der Waals surface area contributed by atoms with Gasteiger partial charge >= 0.3 is 334 Å². The molecule has 0 saturated heterocycles. The quantitative estimate of drug-likeness (QED) is 0.259. The zero-order valence-electron chi connectivity index (χ0n) is 11.4. The second-order valence-electron chi connectivity index (χ2n) is 0. The second-order valence-corrected chi connectivity index (χ2v) is 0. The van der Waals surface area contributed by atoms with Crippen molar-refractivity contribution in [2.45, 2.75) is 0 Å². The molecule has 0 spiro atoms. The molecule has 0 aliphatic carbocycles. The van der Waals surface area contributed by atoms with E-state index < -0.39 is 0 Å². The van der Waals surface area contributed by atoms with Crippen molar-refractivity contribution in [3.63, 3.8) is 0 Å². The van der Waals surface area contributed by atoms with Crippen LogP contribution in [0.3, 0.4) is 0 Å². The Hall–Kier alpha value is 11.3. The molecule has 8 radical (unpaired) electrons. The SMILES string of the molecule is [Ce+].[Ce+].[Ce+].[Ce+].[Ce+].[Ce+].[Ce+].[Ce+].[Cl-].[H-].[H-].[H-].[H-].[H-].[H-].[H-]. The van der Waals surface area contributed by atoms with E-state index in [2.05, 4.69) is 0 Å². The number of hydrogen-bond acceptors (Lipinski definition) is 0. The third kappa shape index (κ3) is 45.2. The fraction of sp³-hybridized carbons (Fsp3) is 0. The Balaban J connectivity index is 0. The van der Waals surface area contributed by atoms with Crippen LogP contribution >= 0.6 is 0 Å². The van der Waals surface area contributed by atoms with Crippen molar-refractivity contribution in [3.05, 3.63) is 0 Å². The van der Waals surface area contributed by atoms with E-state index in [0.29, 0.717) is 0 Å². The van der Waals surface area contributed by atoms with Crippen LogP contribution in [0.1, 0.15) is 9.99 Å². The summed E-state index contributed by atoms with van der Waals surface area (Å²) < 4.78 is 0. The number of hydrogen-bond donors (Lipinski definition) is 0. The number of halogens is 1. The Morgan fingerprint density at radius 1 is 0.333 bits per heavy atom. The predicted molar refractivity (Wildman–Crippen MR) is 7.78 cm³/mol. The molecule has 0 N–H and O–H groups in total. The van der Waals surface area contributed by atoms with Crippen LogP contribution in [0.2, 0.25) is 0 Å². The van der Waals surface area contributed by atoms with Crippen LogP contribution in [0.5, 0.6) is 0 Å². The minimum Gasteiger partial charge on any atom is -1.00 e. The summed E-state index contributed by atoms with van der Waals surface area (Å²) in [7, 11) is 0. The van der Waals surface area contributed by atoms with E-state index in [0.717, 1.165) is 0 Å². The van der Waals surface area contributed by atoms with E-state index >= 15 is 0 Å². The van der Waals surface area contributed by atoms with E-state index in [1.165, 1.54) is 0 Å². The van der Waals surface area contributed by atoms with Crippen molar-refractivity contribution in [2.24, 2.45) is 0 Å². The molecule has 0 aliphatic heterocycles. The summed E-state index contributed by atoms with van der Waals surface area (Å²) in [5, 5.41) is 0. The Morgan fingerprint density at radius 3 is 0.333 bits per heavy atom. The molecule has 9 heteroatoms. The van der Waals surface area contributed by atoms with Gasteiger partial charge in [0.25, 0.3) is 0 Å². The van der Waals surface area contributed by atoms with Crippen LogP contribution in [0.15, 0.2) is 0 Å². The first-order valence-corrected chi connectivity index (χ1v) is 0. The van der Waals surface area contributed by atoms with Gasteiger partial charge in [-0.05, 0) is 0 Å². The molecule has 0 bridgehead atoms. The minimum absolute atomic E-state index is 0. The molecular formula is H7Ce8Cl. The molecule has 0 amide bonds. The van der Waals surface area contributed by atoms with Crippen molar-refractivity contribution in [1.82, 2.24) is 0 Å². The molecule has 0 atom stereocenters. The molecule has 0 unspecified atom stereocenters. The molecule has 0 aromatic heterocycles. The van der Waals surface area contributed by atoms with Crippen molar-refractivity contribution >= 4 is 0 Å². The van der Waals surface area contributed by atoms with Crippen LogP contribution < -0.4 is 12.4 Å². The molecule has 0 saturated carbocycles. The van der Waals surface area contributed by atoms with Gasteiger partial charge in [0.2, 0.25) is 0 Å². The standard InChI is InChI=1S/8Ce.ClH.7H/h;;;;;;;;1H;;;;;;;/q8*+1;;7*-1/p-1. The maximum atomic E-state index is 0. The molecular weight excluding hydrogens is 1160 g/mol. The van der Waals surface area contributed by atoms with Crippen molar-refractivity contribution in [1.29, 1.82) is 0 Å². The average molecular weight is 1160 g/mol. The van der Waals surface area contributed by atoms with Crippen LogP contribution in [-0.4, -0.2) is 0 Å². The molecule has 0 aromatic rings. The van der Waals surface area contributed by atoms with Gasteiger partial charge < -0.3 is 22.4 Å². The fourth-order valence-electron chi connectivity index (χ4n) is 0. The molecule has 46 valence electrons. The summed E-state index contributed by atoms with van der Waals surface area (Å²) in [6.45, 7) is 0. The predicted octanol–water partition coefficient (Wildman–Crippen LogP) is -2.21. The van der Waals surface area contributed by atoms with E-state index in [4.69, 9.17) is 0 Å². The van der Waals surface area contributed by atoms with E-state index in [1.807, 2.05) is 0 Å². The van der Waals surface area contributed by atoms with Crippen molar-refractivity contribution in [3.8, 4) is 0 Å². The average Bonchev–Trinajstić information content (AvgIpc) is 0. The normalized spacial score (nSPS) is 0. The zero-order chi connectivity index (χ0) is 0. The third-order valence-electron chi connectivity index (χ3n) is 0. The van der Waals surface area contributed by atoms with Crippen molar-refractivity contribution in [2.75, 3.05) is 0 Å². The number of rotatable bonds is 0. The molecule has 0 nitrogen and oxygen atoms in total. The van der Waals surface area contributed by atoms with Crippen LogP contribution in [0.25, 0.3) is 0 Å². The Morgan fingerprint density at radius 2 is 0.333 bits per heavy atom. The maximum Gasteiger partial charge on any atom is 1.00 e. The van der Waals surface area contributed by atoms with Crippen molar-refractivity contribution < 1.29 is 356 Å². The summed E-state index contributed by atoms with van der Waals surface area (Å²) >= 11 is 0. The molecule has 0 fully saturated rings. The van der Waals surface area contributed by atoms with Crippen LogP contribution in [0.4, 0.5) is 0 Å². The first-order valence-electron chi connectivity index (χ1n) is 0. The molecule has 0 heterocycles.